The zero-order valence-electron chi connectivity index (χ0n) is 16.1. The molecule has 0 aliphatic heterocycles. The van der Waals surface area contributed by atoms with Crippen LogP contribution >= 0.6 is 11.6 Å². The van der Waals surface area contributed by atoms with Crippen LogP contribution in [0.1, 0.15) is 24.1 Å². The van der Waals surface area contributed by atoms with Crippen LogP contribution in [0.4, 0.5) is 0 Å². The number of benzene rings is 2. The Labute approximate surface area is 166 Å². The lowest BCUT2D eigenvalue weighted by Gasteiger charge is -2.20. The Morgan fingerprint density at radius 1 is 1.11 bits per heavy atom. The number of guanidine groups is 1. The predicted octanol–water partition coefficient (Wildman–Crippen LogP) is 3.27. The van der Waals surface area contributed by atoms with Gasteiger partial charge in [0.2, 0.25) is 5.91 Å². The fourth-order valence-electron chi connectivity index (χ4n) is 2.52. The monoisotopic (exact) mass is 386 g/mol. The zero-order chi connectivity index (χ0) is 19.6. The molecule has 1 amide bonds. The van der Waals surface area contributed by atoms with Gasteiger partial charge in [-0.1, -0.05) is 60.1 Å². The topological polar surface area (TPSA) is 56.7 Å². The Morgan fingerprint density at radius 2 is 1.78 bits per heavy atom. The Bertz CT molecular complexity index is 762. The first-order valence-corrected chi connectivity index (χ1v) is 9.38. The predicted molar refractivity (Wildman–Crippen MR) is 112 cm³/mol. The number of amides is 1. The number of hydrogen-bond acceptors (Lipinski definition) is 2. The summed E-state index contributed by atoms with van der Waals surface area (Å²) in [6.45, 7) is 2.81. The van der Waals surface area contributed by atoms with Crippen LogP contribution in [0.15, 0.2) is 59.6 Å². The fourth-order valence-corrected chi connectivity index (χ4v) is 2.82. The van der Waals surface area contributed by atoms with Gasteiger partial charge < -0.3 is 15.5 Å². The Kier molecular flexibility index (Phi) is 8.14. The molecule has 0 saturated carbocycles. The Hall–Kier alpha value is -2.53. The van der Waals surface area contributed by atoms with E-state index in [1.54, 1.807) is 14.1 Å². The van der Waals surface area contributed by atoms with Gasteiger partial charge in [-0.05, 0) is 30.5 Å². The second kappa shape index (κ2) is 10.6. The largest absolute Gasteiger partial charge is 0.356 e. The first kappa shape index (κ1) is 20.8. The molecule has 27 heavy (non-hydrogen) atoms. The number of rotatable bonds is 7. The summed E-state index contributed by atoms with van der Waals surface area (Å²) in [6, 6.07) is 17.9. The standard InChI is InChI=1S/C21H27ClN4O/c1-16(18-11-7-8-12-19(18)22)25-21(24-15-20(27)26(2)3)23-14-13-17-9-5-4-6-10-17/h4-12,16H,13-15H2,1-3H3,(H2,23,24,25). The van der Waals surface area contributed by atoms with Crippen LogP contribution in [0.2, 0.25) is 5.02 Å². The van der Waals surface area contributed by atoms with Gasteiger partial charge in [0.15, 0.2) is 5.96 Å². The summed E-state index contributed by atoms with van der Waals surface area (Å²) in [7, 11) is 3.44. The first-order valence-electron chi connectivity index (χ1n) is 9.00. The molecule has 1 unspecified atom stereocenters. The van der Waals surface area contributed by atoms with Gasteiger partial charge in [-0.2, -0.15) is 0 Å². The minimum Gasteiger partial charge on any atom is -0.356 e. The normalized spacial score (nSPS) is 12.4. The van der Waals surface area contributed by atoms with E-state index in [0.29, 0.717) is 17.5 Å². The van der Waals surface area contributed by atoms with Gasteiger partial charge in [0.05, 0.1) is 6.04 Å². The maximum absolute atomic E-state index is 11.9. The molecule has 0 bridgehead atoms. The highest BCUT2D eigenvalue weighted by atomic mass is 35.5. The number of likely N-dealkylation sites (N-methyl/N-ethyl adjacent to an activating group) is 1. The van der Waals surface area contributed by atoms with E-state index in [1.165, 1.54) is 10.5 Å². The third-order valence-electron chi connectivity index (χ3n) is 4.15. The maximum Gasteiger partial charge on any atom is 0.243 e. The molecule has 0 saturated heterocycles. The van der Waals surface area contributed by atoms with Gasteiger partial charge >= 0.3 is 0 Å². The van der Waals surface area contributed by atoms with Crippen molar-refractivity contribution in [3.8, 4) is 0 Å². The molecule has 0 aliphatic rings. The van der Waals surface area contributed by atoms with Gasteiger partial charge in [0, 0.05) is 25.7 Å². The van der Waals surface area contributed by atoms with Crippen molar-refractivity contribution in [1.82, 2.24) is 15.5 Å². The fraction of sp³-hybridized carbons (Fsp3) is 0.333. The van der Waals surface area contributed by atoms with Crippen LogP contribution in [0, 0.1) is 0 Å². The molecule has 5 nitrogen and oxygen atoms in total. The second-order valence-electron chi connectivity index (χ2n) is 6.50. The minimum atomic E-state index is -0.0513. The van der Waals surface area contributed by atoms with Gasteiger partial charge in [-0.15, -0.1) is 0 Å². The molecule has 1 atom stereocenters. The molecule has 0 aliphatic carbocycles. The van der Waals surface area contributed by atoms with Gasteiger partial charge in [-0.25, -0.2) is 4.99 Å². The van der Waals surface area contributed by atoms with Gasteiger partial charge in [0.25, 0.3) is 0 Å². The average molecular weight is 387 g/mol. The van der Waals surface area contributed by atoms with Crippen LogP contribution < -0.4 is 10.6 Å². The SMILES string of the molecule is CC(NC(=NCC(=O)N(C)C)NCCc1ccccc1)c1ccccc1Cl. The summed E-state index contributed by atoms with van der Waals surface area (Å²) in [4.78, 5) is 17.9. The summed E-state index contributed by atoms with van der Waals surface area (Å²) in [5.74, 6) is 0.540. The lowest BCUT2D eigenvalue weighted by molar-refractivity contribution is -0.127. The summed E-state index contributed by atoms with van der Waals surface area (Å²) in [6.07, 6.45) is 0.865. The van der Waals surface area contributed by atoms with Crippen molar-refractivity contribution in [1.29, 1.82) is 0 Å². The molecule has 144 valence electrons. The van der Waals surface area contributed by atoms with Crippen molar-refractivity contribution >= 4 is 23.5 Å². The third kappa shape index (κ3) is 6.94. The van der Waals surface area contributed by atoms with Crippen molar-refractivity contribution in [3.05, 3.63) is 70.7 Å². The molecule has 6 heteroatoms. The van der Waals surface area contributed by atoms with Crippen molar-refractivity contribution in [2.24, 2.45) is 4.99 Å². The van der Waals surface area contributed by atoms with Crippen molar-refractivity contribution in [3.63, 3.8) is 0 Å². The van der Waals surface area contributed by atoms with E-state index < -0.39 is 0 Å². The van der Waals surface area contributed by atoms with Crippen molar-refractivity contribution in [2.45, 2.75) is 19.4 Å². The molecule has 2 aromatic rings. The van der Waals surface area contributed by atoms with Crippen LogP contribution in [-0.4, -0.2) is 44.0 Å². The van der Waals surface area contributed by atoms with Crippen LogP contribution in [0.25, 0.3) is 0 Å². The van der Waals surface area contributed by atoms with E-state index in [4.69, 9.17) is 11.6 Å². The highest BCUT2D eigenvalue weighted by molar-refractivity contribution is 6.31. The van der Waals surface area contributed by atoms with E-state index in [2.05, 4.69) is 27.8 Å². The highest BCUT2D eigenvalue weighted by Crippen LogP contribution is 2.21. The van der Waals surface area contributed by atoms with E-state index in [9.17, 15) is 4.79 Å². The summed E-state index contributed by atoms with van der Waals surface area (Å²) >= 11 is 6.29. The molecule has 0 spiro atoms. The number of carbonyl (C=O) groups excluding carboxylic acids is 1. The molecular weight excluding hydrogens is 360 g/mol. The number of nitrogens with zero attached hydrogens (tertiary/aromatic N) is 2. The number of hydrogen-bond donors (Lipinski definition) is 2. The second-order valence-corrected chi connectivity index (χ2v) is 6.91. The smallest absolute Gasteiger partial charge is 0.243 e. The van der Waals surface area contributed by atoms with Gasteiger partial charge in [-0.3, -0.25) is 4.79 Å². The molecule has 2 rings (SSSR count). The van der Waals surface area contributed by atoms with Crippen LogP contribution in [-0.2, 0) is 11.2 Å². The van der Waals surface area contributed by atoms with Crippen molar-refractivity contribution in [2.75, 3.05) is 27.2 Å². The van der Waals surface area contributed by atoms with Gasteiger partial charge in [0.1, 0.15) is 6.54 Å². The minimum absolute atomic E-state index is 0.0452. The van der Waals surface area contributed by atoms with Crippen LogP contribution in [0.5, 0.6) is 0 Å². The summed E-state index contributed by atoms with van der Waals surface area (Å²) < 4.78 is 0. The number of carbonyl (C=O) groups is 1. The summed E-state index contributed by atoms with van der Waals surface area (Å²) in [5.41, 5.74) is 2.23. The molecule has 2 aromatic carbocycles. The van der Waals surface area contributed by atoms with Crippen molar-refractivity contribution < 1.29 is 4.79 Å². The average Bonchev–Trinajstić information content (AvgIpc) is 2.66. The molecule has 0 fully saturated rings. The van der Waals surface area contributed by atoms with E-state index in [-0.39, 0.29) is 18.5 Å². The zero-order valence-corrected chi connectivity index (χ0v) is 16.8. The molecular formula is C21H27ClN4O. The highest BCUT2D eigenvalue weighted by Gasteiger charge is 2.12. The lowest BCUT2D eigenvalue weighted by Crippen LogP contribution is -2.40. The maximum atomic E-state index is 11.9. The first-order chi connectivity index (χ1) is 13.0. The Morgan fingerprint density at radius 3 is 2.44 bits per heavy atom. The number of nitrogens with one attached hydrogen (secondary N) is 2. The van der Waals surface area contributed by atoms with E-state index in [0.717, 1.165) is 12.0 Å². The quantitative estimate of drug-likeness (QED) is 0.567. The third-order valence-corrected chi connectivity index (χ3v) is 4.49. The lowest BCUT2D eigenvalue weighted by atomic mass is 10.1. The molecule has 0 aromatic heterocycles. The molecule has 0 heterocycles. The Balaban J connectivity index is 2.03. The van der Waals surface area contributed by atoms with E-state index in [1.807, 2.05) is 49.4 Å². The van der Waals surface area contributed by atoms with E-state index >= 15 is 0 Å². The number of halogens is 1. The summed E-state index contributed by atoms with van der Waals surface area (Å²) in [5, 5.41) is 7.35. The van der Waals surface area contributed by atoms with Crippen LogP contribution in [0.3, 0.4) is 0 Å². The molecule has 2 N–H and O–H groups in total. The number of aliphatic imine (C=N–C) groups is 1. The molecule has 0 radical (unpaired) electrons.